The molecule has 0 aliphatic carbocycles. The monoisotopic (exact) mass is 275 g/mol. The van der Waals surface area contributed by atoms with Gasteiger partial charge >= 0.3 is 0 Å². The fraction of sp³-hybridized carbons (Fsp3) is 0.500. The molecule has 0 amide bonds. The number of benzene rings is 1. The molecule has 1 N–H and O–H groups in total. The standard InChI is InChI=1S/C12H15Cl2NO2/c1-6-4-7-8(5-15-6)10(14)12(17-3)11(16-2)9(7)13/h6,15H,4-5H2,1-3H3. The van der Waals surface area contributed by atoms with E-state index in [1.165, 1.54) is 0 Å². The lowest BCUT2D eigenvalue weighted by molar-refractivity contribution is 0.353. The zero-order valence-electron chi connectivity index (χ0n) is 10.1. The molecule has 1 heterocycles. The summed E-state index contributed by atoms with van der Waals surface area (Å²) in [6.07, 6.45) is 0.842. The molecule has 0 spiro atoms. The van der Waals surface area contributed by atoms with Gasteiger partial charge in [-0.2, -0.15) is 0 Å². The van der Waals surface area contributed by atoms with Crippen molar-refractivity contribution >= 4 is 23.2 Å². The van der Waals surface area contributed by atoms with E-state index >= 15 is 0 Å². The normalized spacial score (nSPS) is 18.8. The van der Waals surface area contributed by atoms with E-state index in [0.29, 0.717) is 34.1 Å². The smallest absolute Gasteiger partial charge is 0.181 e. The maximum Gasteiger partial charge on any atom is 0.181 e. The van der Waals surface area contributed by atoms with E-state index in [4.69, 9.17) is 32.7 Å². The highest BCUT2D eigenvalue weighted by atomic mass is 35.5. The molecule has 0 saturated carbocycles. The Morgan fingerprint density at radius 1 is 1.06 bits per heavy atom. The van der Waals surface area contributed by atoms with Gasteiger partial charge in [0.25, 0.3) is 0 Å². The van der Waals surface area contributed by atoms with Gasteiger partial charge in [0.05, 0.1) is 24.3 Å². The summed E-state index contributed by atoms with van der Waals surface area (Å²) in [6, 6.07) is 0.383. The Kier molecular flexibility index (Phi) is 3.71. The summed E-state index contributed by atoms with van der Waals surface area (Å²) >= 11 is 12.7. The minimum Gasteiger partial charge on any atom is -0.491 e. The number of nitrogens with one attached hydrogen (secondary N) is 1. The summed E-state index contributed by atoms with van der Waals surface area (Å²) in [5.74, 6) is 1.03. The van der Waals surface area contributed by atoms with Gasteiger partial charge in [-0.3, -0.25) is 0 Å². The number of methoxy groups -OCH3 is 2. The van der Waals surface area contributed by atoms with Crippen LogP contribution in [0, 0.1) is 0 Å². The van der Waals surface area contributed by atoms with Crippen molar-refractivity contribution in [2.75, 3.05) is 14.2 Å². The van der Waals surface area contributed by atoms with Crippen LogP contribution in [0.2, 0.25) is 10.0 Å². The maximum absolute atomic E-state index is 6.36. The van der Waals surface area contributed by atoms with Gasteiger partial charge in [-0.1, -0.05) is 23.2 Å². The summed E-state index contributed by atoms with van der Waals surface area (Å²) in [4.78, 5) is 0. The first-order valence-corrected chi connectivity index (χ1v) is 6.19. The third-order valence-corrected chi connectivity index (χ3v) is 3.84. The Balaban J connectivity index is 2.66. The van der Waals surface area contributed by atoms with Crippen LogP contribution >= 0.6 is 23.2 Å². The van der Waals surface area contributed by atoms with Crippen molar-refractivity contribution in [1.82, 2.24) is 5.32 Å². The number of hydrogen-bond donors (Lipinski definition) is 1. The summed E-state index contributed by atoms with van der Waals surface area (Å²) in [7, 11) is 3.13. The summed E-state index contributed by atoms with van der Waals surface area (Å²) < 4.78 is 10.6. The van der Waals surface area contributed by atoms with E-state index in [0.717, 1.165) is 17.5 Å². The molecule has 17 heavy (non-hydrogen) atoms. The molecule has 1 aromatic carbocycles. The van der Waals surface area contributed by atoms with Crippen LogP contribution in [0.25, 0.3) is 0 Å². The van der Waals surface area contributed by atoms with Gasteiger partial charge in [-0.05, 0) is 24.5 Å². The quantitative estimate of drug-likeness (QED) is 0.900. The van der Waals surface area contributed by atoms with E-state index in [9.17, 15) is 0 Å². The maximum atomic E-state index is 6.36. The van der Waals surface area contributed by atoms with Crippen molar-refractivity contribution in [1.29, 1.82) is 0 Å². The second-order valence-electron chi connectivity index (χ2n) is 4.14. The van der Waals surface area contributed by atoms with Crippen molar-refractivity contribution < 1.29 is 9.47 Å². The molecule has 2 rings (SSSR count). The van der Waals surface area contributed by atoms with Gasteiger partial charge in [-0.25, -0.2) is 0 Å². The second-order valence-corrected chi connectivity index (χ2v) is 4.89. The van der Waals surface area contributed by atoms with Crippen LogP contribution in [0.4, 0.5) is 0 Å². The van der Waals surface area contributed by atoms with Crippen molar-refractivity contribution in [2.24, 2.45) is 0 Å². The molecule has 0 saturated heterocycles. The van der Waals surface area contributed by atoms with Crippen LogP contribution in [0.15, 0.2) is 0 Å². The highest BCUT2D eigenvalue weighted by Crippen LogP contribution is 2.46. The molecule has 1 atom stereocenters. The Bertz CT molecular complexity index is 449. The SMILES string of the molecule is COc1c(Cl)c2c(c(Cl)c1OC)CC(C)NC2. The molecule has 0 fully saturated rings. The highest BCUT2D eigenvalue weighted by molar-refractivity contribution is 6.37. The summed E-state index contributed by atoms with van der Waals surface area (Å²) in [6.45, 7) is 2.82. The Labute approximate surface area is 111 Å². The fourth-order valence-electron chi connectivity index (χ4n) is 2.15. The van der Waals surface area contributed by atoms with Crippen molar-refractivity contribution in [2.45, 2.75) is 25.9 Å². The van der Waals surface area contributed by atoms with Gasteiger partial charge in [0.2, 0.25) is 0 Å². The number of ether oxygens (including phenoxy) is 2. The fourth-order valence-corrected chi connectivity index (χ4v) is 2.85. The average Bonchev–Trinajstić information content (AvgIpc) is 2.33. The average molecular weight is 276 g/mol. The van der Waals surface area contributed by atoms with Crippen molar-refractivity contribution in [3.8, 4) is 11.5 Å². The van der Waals surface area contributed by atoms with Crippen LogP contribution < -0.4 is 14.8 Å². The van der Waals surface area contributed by atoms with Crippen LogP contribution in [0.3, 0.4) is 0 Å². The first-order valence-electron chi connectivity index (χ1n) is 5.44. The molecule has 1 aromatic rings. The van der Waals surface area contributed by atoms with E-state index in [-0.39, 0.29) is 0 Å². The largest absolute Gasteiger partial charge is 0.491 e. The van der Waals surface area contributed by atoms with Gasteiger partial charge in [-0.15, -0.1) is 0 Å². The van der Waals surface area contributed by atoms with Crippen molar-refractivity contribution in [3.05, 3.63) is 21.2 Å². The molecule has 3 nitrogen and oxygen atoms in total. The number of hydrogen-bond acceptors (Lipinski definition) is 3. The molecule has 5 heteroatoms. The first-order chi connectivity index (χ1) is 8.10. The molecule has 0 radical (unpaired) electrons. The van der Waals surface area contributed by atoms with E-state index in [1.807, 2.05) is 0 Å². The van der Waals surface area contributed by atoms with Crippen LogP contribution in [-0.4, -0.2) is 20.3 Å². The van der Waals surface area contributed by atoms with E-state index in [2.05, 4.69) is 12.2 Å². The molecular formula is C12H15Cl2NO2. The molecule has 1 aliphatic heterocycles. The minimum absolute atomic E-state index is 0.383. The predicted octanol–water partition coefficient (Wildman–Crippen LogP) is 3.04. The van der Waals surface area contributed by atoms with Gasteiger partial charge in [0, 0.05) is 12.6 Å². The Hall–Kier alpha value is -0.640. The van der Waals surface area contributed by atoms with Gasteiger partial charge < -0.3 is 14.8 Å². The molecule has 0 bridgehead atoms. The Morgan fingerprint density at radius 3 is 2.12 bits per heavy atom. The van der Waals surface area contributed by atoms with Crippen molar-refractivity contribution in [3.63, 3.8) is 0 Å². The lowest BCUT2D eigenvalue weighted by atomic mass is 9.95. The minimum atomic E-state index is 0.383. The van der Waals surface area contributed by atoms with Crippen LogP contribution in [0.5, 0.6) is 11.5 Å². The first kappa shape index (κ1) is 12.8. The highest BCUT2D eigenvalue weighted by Gasteiger charge is 2.27. The van der Waals surface area contributed by atoms with Crippen LogP contribution in [-0.2, 0) is 13.0 Å². The predicted molar refractivity (Wildman–Crippen MR) is 69.6 cm³/mol. The molecule has 94 valence electrons. The topological polar surface area (TPSA) is 30.5 Å². The molecule has 1 unspecified atom stereocenters. The number of halogens is 2. The lowest BCUT2D eigenvalue weighted by Crippen LogP contribution is -2.33. The lowest BCUT2D eigenvalue weighted by Gasteiger charge is -2.27. The Morgan fingerprint density at radius 2 is 1.59 bits per heavy atom. The second kappa shape index (κ2) is 4.92. The molecular weight excluding hydrogens is 261 g/mol. The van der Waals surface area contributed by atoms with Gasteiger partial charge in [0.15, 0.2) is 11.5 Å². The zero-order valence-corrected chi connectivity index (χ0v) is 11.6. The third kappa shape index (κ3) is 2.07. The summed E-state index contributed by atoms with van der Waals surface area (Å²) in [5, 5.41) is 4.55. The molecule has 1 aliphatic rings. The zero-order chi connectivity index (χ0) is 12.6. The molecule has 0 aromatic heterocycles. The summed E-state index contributed by atoms with van der Waals surface area (Å²) in [5.41, 5.74) is 2.06. The van der Waals surface area contributed by atoms with E-state index < -0.39 is 0 Å². The van der Waals surface area contributed by atoms with Crippen LogP contribution in [0.1, 0.15) is 18.1 Å². The van der Waals surface area contributed by atoms with Gasteiger partial charge in [0.1, 0.15) is 0 Å². The van der Waals surface area contributed by atoms with E-state index in [1.54, 1.807) is 14.2 Å². The number of rotatable bonds is 2. The number of fused-ring (bicyclic) bond motifs is 1. The third-order valence-electron chi connectivity index (χ3n) is 3.04.